The van der Waals surface area contributed by atoms with Gasteiger partial charge in [0.2, 0.25) is 0 Å². The van der Waals surface area contributed by atoms with Gasteiger partial charge < -0.3 is 0 Å². The summed E-state index contributed by atoms with van der Waals surface area (Å²) in [4.78, 5) is 0. The van der Waals surface area contributed by atoms with Gasteiger partial charge in [0.25, 0.3) is 0 Å². The van der Waals surface area contributed by atoms with Gasteiger partial charge in [0, 0.05) is 1.43 Å². The zero-order valence-corrected chi connectivity index (χ0v) is 6.69. The molecule has 0 unspecified atom stereocenters. The molecule has 1 rings (SSSR count). The fourth-order valence-corrected chi connectivity index (χ4v) is 1.86. The van der Waals surface area contributed by atoms with E-state index in [1.54, 1.807) is 0 Å². The van der Waals surface area contributed by atoms with Crippen molar-refractivity contribution in [1.82, 2.24) is 0 Å². The molecule has 0 aromatic heterocycles. The van der Waals surface area contributed by atoms with Crippen LogP contribution in [0.25, 0.3) is 0 Å². The van der Waals surface area contributed by atoms with Crippen molar-refractivity contribution >= 4 is 0 Å². The molecule has 1 saturated carbocycles. The summed E-state index contributed by atoms with van der Waals surface area (Å²) in [5.41, 5.74) is 0. The Labute approximate surface area is 60.1 Å². The summed E-state index contributed by atoms with van der Waals surface area (Å²) >= 11 is 0. The van der Waals surface area contributed by atoms with Crippen molar-refractivity contribution in [3.05, 3.63) is 0 Å². The van der Waals surface area contributed by atoms with Gasteiger partial charge in [-0.05, 0) is 11.8 Å². The zero-order chi connectivity index (χ0) is 6.69. The van der Waals surface area contributed by atoms with E-state index in [4.69, 9.17) is 0 Å². The second-order valence-electron chi connectivity index (χ2n) is 3.43. The SMILES string of the molecule is CC[C@H](C)C1CCCC1.[HH]. The average Bonchev–Trinajstić information content (AvgIpc) is 2.37. The van der Waals surface area contributed by atoms with E-state index in [0.717, 1.165) is 11.8 Å². The normalized spacial score (nSPS) is 24.7. The van der Waals surface area contributed by atoms with Crippen LogP contribution in [0.15, 0.2) is 0 Å². The van der Waals surface area contributed by atoms with Crippen molar-refractivity contribution in [2.24, 2.45) is 11.8 Å². The van der Waals surface area contributed by atoms with Gasteiger partial charge in [-0.15, -0.1) is 0 Å². The van der Waals surface area contributed by atoms with Gasteiger partial charge in [-0.3, -0.25) is 0 Å². The third-order valence-electron chi connectivity index (χ3n) is 2.85. The molecule has 0 saturated heterocycles. The maximum atomic E-state index is 2.40. The van der Waals surface area contributed by atoms with Gasteiger partial charge in [-0.25, -0.2) is 0 Å². The van der Waals surface area contributed by atoms with E-state index in [1.165, 1.54) is 32.1 Å². The number of hydrogen-bond acceptors (Lipinski definition) is 0. The molecule has 1 fully saturated rings. The van der Waals surface area contributed by atoms with Crippen molar-refractivity contribution in [3.8, 4) is 0 Å². The molecule has 0 amide bonds. The second-order valence-corrected chi connectivity index (χ2v) is 3.43. The molecule has 0 N–H and O–H groups in total. The van der Waals surface area contributed by atoms with Crippen LogP contribution in [0.2, 0.25) is 0 Å². The van der Waals surface area contributed by atoms with Crippen LogP contribution >= 0.6 is 0 Å². The van der Waals surface area contributed by atoms with Crippen molar-refractivity contribution in [2.75, 3.05) is 0 Å². The Bertz CT molecular complexity index is 74.8. The van der Waals surface area contributed by atoms with Crippen LogP contribution in [-0.4, -0.2) is 0 Å². The Balaban J connectivity index is 0.000000810. The summed E-state index contributed by atoms with van der Waals surface area (Å²) in [6.45, 7) is 4.71. The Morgan fingerprint density at radius 1 is 1.44 bits per heavy atom. The molecule has 9 heavy (non-hydrogen) atoms. The first-order valence-corrected chi connectivity index (χ1v) is 4.34. The average molecular weight is 128 g/mol. The standard InChI is InChI=1S/C9H18.H2/c1-3-8(2)9-6-4-5-7-9;/h8-9H,3-7H2,1-2H3;1H/t8-;/m0./s1. The molecule has 0 nitrogen and oxygen atoms in total. The van der Waals surface area contributed by atoms with Gasteiger partial charge in [0.1, 0.15) is 0 Å². The first-order valence-electron chi connectivity index (χ1n) is 4.34. The highest BCUT2D eigenvalue weighted by Crippen LogP contribution is 2.32. The van der Waals surface area contributed by atoms with E-state index in [9.17, 15) is 0 Å². The molecule has 0 spiro atoms. The highest BCUT2D eigenvalue weighted by Gasteiger charge is 2.19. The predicted octanol–water partition coefficient (Wildman–Crippen LogP) is 3.47. The quantitative estimate of drug-likeness (QED) is 0.534. The highest BCUT2D eigenvalue weighted by molar-refractivity contribution is 4.71. The lowest BCUT2D eigenvalue weighted by Gasteiger charge is -2.15. The summed E-state index contributed by atoms with van der Waals surface area (Å²) in [5.74, 6) is 2.07. The number of rotatable bonds is 2. The minimum Gasteiger partial charge on any atom is -0.0651 e. The predicted molar refractivity (Wildman–Crippen MR) is 43.5 cm³/mol. The minimum atomic E-state index is 0. The second kappa shape index (κ2) is 3.24. The molecule has 0 radical (unpaired) electrons. The molecular formula is C9H20. The first-order chi connectivity index (χ1) is 4.34. The van der Waals surface area contributed by atoms with Crippen LogP contribution < -0.4 is 0 Å². The van der Waals surface area contributed by atoms with Gasteiger partial charge in [-0.2, -0.15) is 0 Å². The van der Waals surface area contributed by atoms with Crippen LogP contribution in [0.1, 0.15) is 47.4 Å². The van der Waals surface area contributed by atoms with Gasteiger partial charge >= 0.3 is 0 Å². The molecule has 56 valence electrons. The molecule has 1 atom stereocenters. The van der Waals surface area contributed by atoms with Gasteiger partial charge in [-0.1, -0.05) is 46.0 Å². The van der Waals surface area contributed by atoms with E-state index >= 15 is 0 Å². The Kier molecular flexibility index (Phi) is 2.56. The Morgan fingerprint density at radius 2 is 2.00 bits per heavy atom. The van der Waals surface area contributed by atoms with Gasteiger partial charge in [0.15, 0.2) is 0 Å². The van der Waals surface area contributed by atoms with E-state index in [2.05, 4.69) is 13.8 Å². The lowest BCUT2D eigenvalue weighted by Crippen LogP contribution is -2.05. The number of hydrogen-bond donors (Lipinski definition) is 0. The molecule has 0 heteroatoms. The Morgan fingerprint density at radius 3 is 2.44 bits per heavy atom. The fourth-order valence-electron chi connectivity index (χ4n) is 1.86. The van der Waals surface area contributed by atoms with Crippen molar-refractivity contribution < 1.29 is 1.43 Å². The van der Waals surface area contributed by atoms with E-state index < -0.39 is 0 Å². The zero-order valence-electron chi connectivity index (χ0n) is 6.69. The van der Waals surface area contributed by atoms with Crippen molar-refractivity contribution in [3.63, 3.8) is 0 Å². The van der Waals surface area contributed by atoms with Crippen LogP contribution in [0.3, 0.4) is 0 Å². The van der Waals surface area contributed by atoms with Crippen LogP contribution in [0.5, 0.6) is 0 Å². The summed E-state index contributed by atoms with van der Waals surface area (Å²) < 4.78 is 0. The first kappa shape index (κ1) is 7.11. The smallest absolute Gasteiger partial charge is 0 e. The van der Waals surface area contributed by atoms with E-state index in [-0.39, 0.29) is 1.43 Å². The third-order valence-corrected chi connectivity index (χ3v) is 2.85. The van der Waals surface area contributed by atoms with Crippen LogP contribution in [0, 0.1) is 11.8 Å². The fraction of sp³-hybridized carbons (Fsp3) is 1.00. The molecule has 0 aromatic carbocycles. The van der Waals surface area contributed by atoms with E-state index in [1.807, 2.05) is 0 Å². The summed E-state index contributed by atoms with van der Waals surface area (Å²) in [7, 11) is 0. The van der Waals surface area contributed by atoms with Gasteiger partial charge in [0.05, 0.1) is 0 Å². The van der Waals surface area contributed by atoms with Crippen LogP contribution in [-0.2, 0) is 0 Å². The summed E-state index contributed by atoms with van der Waals surface area (Å²) in [6.07, 6.45) is 7.39. The van der Waals surface area contributed by atoms with Crippen molar-refractivity contribution in [2.45, 2.75) is 46.0 Å². The summed E-state index contributed by atoms with van der Waals surface area (Å²) in [6, 6.07) is 0. The van der Waals surface area contributed by atoms with Crippen molar-refractivity contribution in [1.29, 1.82) is 0 Å². The Hall–Kier alpha value is 0. The lowest BCUT2D eigenvalue weighted by atomic mass is 9.91. The molecular weight excluding hydrogens is 108 g/mol. The minimum absolute atomic E-state index is 0. The monoisotopic (exact) mass is 128 g/mol. The third kappa shape index (κ3) is 1.70. The molecule has 0 bridgehead atoms. The highest BCUT2D eigenvalue weighted by atomic mass is 14.2. The lowest BCUT2D eigenvalue weighted by molar-refractivity contribution is 0.357. The summed E-state index contributed by atoms with van der Waals surface area (Å²) in [5, 5.41) is 0. The van der Waals surface area contributed by atoms with E-state index in [0.29, 0.717) is 0 Å². The molecule has 0 heterocycles. The maximum Gasteiger partial charge on any atom is 0 e. The molecule has 1 aliphatic carbocycles. The topological polar surface area (TPSA) is 0 Å². The maximum absolute atomic E-state index is 2.40. The molecule has 0 aliphatic heterocycles. The molecule has 0 aromatic rings. The molecule has 1 aliphatic rings. The van der Waals surface area contributed by atoms with Crippen LogP contribution in [0.4, 0.5) is 0 Å². The largest absolute Gasteiger partial charge is 0.0651 e.